The van der Waals surface area contributed by atoms with Crippen LogP contribution in [-0.2, 0) is 0 Å². The maximum absolute atomic E-state index is 3.41. The molecule has 16 heavy (non-hydrogen) atoms. The fraction of sp³-hybridized carbons (Fsp3) is 1.00. The van der Waals surface area contributed by atoms with Crippen molar-refractivity contribution in [2.45, 2.75) is 45.6 Å². The summed E-state index contributed by atoms with van der Waals surface area (Å²) >= 11 is 1.76. The highest BCUT2D eigenvalue weighted by Gasteiger charge is 2.45. The lowest BCUT2D eigenvalue weighted by atomic mass is 9.57. The first-order chi connectivity index (χ1) is 7.65. The molecule has 1 heterocycles. The minimum Gasteiger partial charge on any atom is -0.301 e. The van der Waals surface area contributed by atoms with Crippen LogP contribution in [0.3, 0.4) is 0 Å². The molecule has 0 radical (unpaired) electrons. The number of piperidine rings is 1. The lowest BCUT2D eigenvalue weighted by molar-refractivity contribution is -0.0179. The molecule has 0 atom stereocenters. The van der Waals surface area contributed by atoms with Crippen molar-refractivity contribution in [1.82, 2.24) is 9.62 Å². The largest absolute Gasteiger partial charge is 0.301 e. The minimum atomic E-state index is 0.742. The Morgan fingerprint density at radius 3 is 2.44 bits per heavy atom. The predicted octanol–water partition coefficient (Wildman–Crippen LogP) is 2.75. The van der Waals surface area contributed by atoms with Gasteiger partial charge in [0.2, 0.25) is 0 Å². The number of nitrogens with one attached hydrogen (secondary N) is 1. The van der Waals surface area contributed by atoms with Gasteiger partial charge in [-0.1, -0.05) is 11.9 Å². The van der Waals surface area contributed by atoms with Gasteiger partial charge in [-0.25, -0.2) is 0 Å². The van der Waals surface area contributed by atoms with Gasteiger partial charge >= 0.3 is 0 Å². The zero-order valence-corrected chi connectivity index (χ0v) is 11.8. The van der Waals surface area contributed by atoms with E-state index in [-0.39, 0.29) is 0 Å². The Labute approximate surface area is 105 Å². The van der Waals surface area contributed by atoms with Crippen LogP contribution in [0.25, 0.3) is 0 Å². The molecule has 0 unspecified atom stereocenters. The molecule has 94 valence electrons. The Balaban J connectivity index is 1.70. The van der Waals surface area contributed by atoms with Gasteiger partial charge in [-0.05, 0) is 70.2 Å². The van der Waals surface area contributed by atoms with E-state index in [1.54, 1.807) is 11.9 Å². The number of likely N-dealkylation sites (tertiary alicyclic amines) is 1. The Hall–Kier alpha value is 0.270. The Morgan fingerprint density at radius 1 is 1.31 bits per heavy atom. The first kappa shape index (κ1) is 12.7. The molecule has 2 fully saturated rings. The Kier molecular flexibility index (Phi) is 4.20. The van der Waals surface area contributed by atoms with Gasteiger partial charge in [-0.15, -0.1) is 0 Å². The molecule has 0 aromatic heterocycles. The quantitative estimate of drug-likeness (QED) is 0.763. The second-order valence-electron chi connectivity index (χ2n) is 5.96. The zero-order valence-electron chi connectivity index (χ0n) is 11.0. The summed E-state index contributed by atoms with van der Waals surface area (Å²) in [6.45, 7) is 8.53. The van der Waals surface area contributed by atoms with E-state index in [0.717, 1.165) is 17.4 Å². The van der Waals surface area contributed by atoms with Crippen LogP contribution in [0.15, 0.2) is 0 Å². The number of nitrogens with zero attached hydrogens (tertiary/aromatic N) is 1. The van der Waals surface area contributed by atoms with E-state index in [2.05, 4.69) is 29.7 Å². The molecule has 1 aliphatic carbocycles. The second-order valence-corrected chi connectivity index (χ2v) is 6.65. The maximum Gasteiger partial charge on any atom is 0.00871 e. The van der Waals surface area contributed by atoms with Crippen molar-refractivity contribution in [2.75, 3.05) is 25.9 Å². The average molecular weight is 242 g/mol. The summed E-state index contributed by atoms with van der Waals surface area (Å²) < 4.78 is 3.41. The summed E-state index contributed by atoms with van der Waals surface area (Å²) in [5.41, 5.74) is 0.746. The first-order valence-electron chi connectivity index (χ1n) is 6.65. The van der Waals surface area contributed by atoms with Crippen molar-refractivity contribution in [3.8, 4) is 0 Å². The molecule has 3 heteroatoms. The molecule has 0 bridgehead atoms. The van der Waals surface area contributed by atoms with E-state index in [1.165, 1.54) is 45.3 Å². The van der Waals surface area contributed by atoms with Gasteiger partial charge in [-0.2, -0.15) is 0 Å². The molecular formula is C13H26N2S. The molecule has 2 rings (SSSR count). The van der Waals surface area contributed by atoms with Crippen molar-refractivity contribution in [3.05, 3.63) is 0 Å². The third-order valence-corrected chi connectivity index (χ3v) is 5.00. The second kappa shape index (κ2) is 5.28. The van der Waals surface area contributed by atoms with Crippen LogP contribution in [0, 0.1) is 11.3 Å². The summed E-state index contributed by atoms with van der Waals surface area (Å²) in [6, 6.07) is 0.742. The van der Waals surface area contributed by atoms with Crippen molar-refractivity contribution in [2.24, 2.45) is 11.3 Å². The van der Waals surface area contributed by atoms with Gasteiger partial charge in [0, 0.05) is 12.6 Å². The highest BCUT2D eigenvalue weighted by Crippen LogP contribution is 2.52. The average Bonchev–Trinajstić information content (AvgIpc) is 2.24. The zero-order chi connectivity index (χ0) is 11.6. The molecular weight excluding hydrogens is 216 g/mol. The van der Waals surface area contributed by atoms with Crippen molar-refractivity contribution in [3.63, 3.8) is 0 Å². The van der Waals surface area contributed by atoms with E-state index in [9.17, 15) is 0 Å². The van der Waals surface area contributed by atoms with E-state index >= 15 is 0 Å². The van der Waals surface area contributed by atoms with Crippen LogP contribution >= 0.6 is 11.9 Å². The summed E-state index contributed by atoms with van der Waals surface area (Å²) in [5.74, 6) is 0.957. The fourth-order valence-corrected chi connectivity index (χ4v) is 3.84. The van der Waals surface area contributed by atoms with Crippen LogP contribution in [0.4, 0.5) is 0 Å². The van der Waals surface area contributed by atoms with Gasteiger partial charge in [0.05, 0.1) is 0 Å². The number of rotatable bonds is 4. The summed E-state index contributed by atoms with van der Waals surface area (Å²) in [5, 5.41) is 0. The van der Waals surface area contributed by atoms with Gasteiger partial charge in [0.25, 0.3) is 0 Å². The molecule has 1 N–H and O–H groups in total. The molecule has 0 aromatic carbocycles. The molecule has 2 aliphatic rings. The molecule has 0 aromatic rings. The Morgan fingerprint density at radius 2 is 1.94 bits per heavy atom. The normalized spacial score (nSPS) is 26.2. The molecule has 2 nitrogen and oxygen atoms in total. The minimum absolute atomic E-state index is 0.742. The van der Waals surface area contributed by atoms with E-state index < -0.39 is 0 Å². The lowest BCUT2D eigenvalue weighted by Gasteiger charge is -2.53. The summed E-state index contributed by atoms with van der Waals surface area (Å²) in [6.07, 6.45) is 7.97. The van der Waals surface area contributed by atoms with Crippen LogP contribution in [0.1, 0.15) is 39.5 Å². The fourth-order valence-electron chi connectivity index (χ4n) is 3.43. The SMILES string of the molecule is CSNCC1CC2(CCN(C(C)C)CC2)C1. The van der Waals surface area contributed by atoms with E-state index in [0.29, 0.717) is 0 Å². The number of hydrogen-bond acceptors (Lipinski definition) is 3. The van der Waals surface area contributed by atoms with Gasteiger partial charge in [0.15, 0.2) is 0 Å². The maximum atomic E-state index is 3.41. The summed E-state index contributed by atoms with van der Waals surface area (Å²) in [7, 11) is 0. The van der Waals surface area contributed by atoms with Gasteiger partial charge in [0.1, 0.15) is 0 Å². The smallest absolute Gasteiger partial charge is 0.00871 e. The van der Waals surface area contributed by atoms with Crippen LogP contribution in [-0.4, -0.2) is 36.8 Å². The van der Waals surface area contributed by atoms with Crippen LogP contribution in [0.5, 0.6) is 0 Å². The molecule has 1 saturated heterocycles. The van der Waals surface area contributed by atoms with Gasteiger partial charge in [-0.3, -0.25) is 4.72 Å². The molecule has 1 spiro atoms. The third kappa shape index (κ3) is 2.74. The summed E-state index contributed by atoms with van der Waals surface area (Å²) in [4.78, 5) is 2.64. The van der Waals surface area contributed by atoms with Crippen LogP contribution in [0.2, 0.25) is 0 Å². The number of hydrogen-bond donors (Lipinski definition) is 1. The van der Waals surface area contributed by atoms with E-state index in [4.69, 9.17) is 0 Å². The molecule has 1 saturated carbocycles. The van der Waals surface area contributed by atoms with Crippen molar-refractivity contribution < 1.29 is 0 Å². The molecule has 0 amide bonds. The highest BCUT2D eigenvalue weighted by atomic mass is 32.2. The molecule has 1 aliphatic heterocycles. The monoisotopic (exact) mass is 242 g/mol. The van der Waals surface area contributed by atoms with Gasteiger partial charge < -0.3 is 4.90 Å². The van der Waals surface area contributed by atoms with Crippen molar-refractivity contribution in [1.29, 1.82) is 0 Å². The standard InChI is InChI=1S/C13H26N2S/c1-11(2)15-6-4-13(5-7-15)8-12(9-13)10-14-16-3/h11-12,14H,4-10H2,1-3H3. The lowest BCUT2D eigenvalue weighted by Crippen LogP contribution is -2.50. The van der Waals surface area contributed by atoms with E-state index in [1.807, 2.05) is 0 Å². The van der Waals surface area contributed by atoms with Crippen LogP contribution < -0.4 is 4.72 Å². The van der Waals surface area contributed by atoms with Crippen molar-refractivity contribution >= 4 is 11.9 Å². The predicted molar refractivity (Wildman–Crippen MR) is 72.6 cm³/mol. The topological polar surface area (TPSA) is 15.3 Å². The first-order valence-corrected chi connectivity index (χ1v) is 7.87. The Bertz CT molecular complexity index is 214. The third-order valence-electron chi connectivity index (χ3n) is 4.55. The highest BCUT2D eigenvalue weighted by molar-refractivity contribution is 7.96.